The van der Waals surface area contributed by atoms with Crippen LogP contribution in [0.25, 0.3) is 0 Å². The van der Waals surface area contributed by atoms with Crippen LogP contribution in [0.3, 0.4) is 0 Å². The molecule has 0 radical (unpaired) electrons. The zero-order chi connectivity index (χ0) is 14.1. The van der Waals surface area contributed by atoms with Crippen LogP contribution in [0.5, 0.6) is 0 Å². The summed E-state index contributed by atoms with van der Waals surface area (Å²) in [5, 5.41) is 19.2. The Bertz CT molecular complexity index is 470. The van der Waals surface area contributed by atoms with Crippen LogP contribution in [0.1, 0.15) is 12.8 Å². The van der Waals surface area contributed by atoms with E-state index in [1.54, 1.807) is 4.90 Å². The Morgan fingerprint density at radius 3 is 2.05 bits per heavy atom. The van der Waals surface area contributed by atoms with Crippen LogP contribution >= 0.6 is 0 Å². The summed E-state index contributed by atoms with van der Waals surface area (Å²) in [5.74, 6) is 6.69. The molecule has 2 aliphatic heterocycles. The van der Waals surface area contributed by atoms with Gasteiger partial charge in [0, 0.05) is 26.2 Å². The molecule has 5 N–H and O–H groups in total. The van der Waals surface area contributed by atoms with Crippen molar-refractivity contribution in [2.24, 2.45) is 5.84 Å². The van der Waals surface area contributed by atoms with E-state index in [1.165, 1.54) is 0 Å². The van der Waals surface area contributed by atoms with E-state index in [0.29, 0.717) is 25.0 Å². The van der Waals surface area contributed by atoms with Crippen LogP contribution in [0, 0.1) is 0 Å². The first-order chi connectivity index (χ1) is 9.67. The van der Waals surface area contributed by atoms with E-state index in [2.05, 4.69) is 25.3 Å². The van der Waals surface area contributed by atoms with E-state index in [-0.39, 0.29) is 5.95 Å². The van der Waals surface area contributed by atoms with Gasteiger partial charge in [-0.3, -0.25) is 5.43 Å². The summed E-state index contributed by atoms with van der Waals surface area (Å²) in [6, 6.07) is 0. The average Bonchev–Trinajstić information content (AvgIpc) is 3.09. The molecule has 110 valence electrons. The average molecular weight is 281 g/mol. The second-order valence-corrected chi connectivity index (χ2v) is 5.14. The van der Waals surface area contributed by atoms with E-state index in [9.17, 15) is 10.2 Å². The van der Waals surface area contributed by atoms with Gasteiger partial charge in [0.1, 0.15) is 0 Å². The van der Waals surface area contributed by atoms with Crippen molar-refractivity contribution in [2.45, 2.75) is 25.0 Å². The molecule has 0 amide bonds. The Kier molecular flexibility index (Phi) is 3.55. The van der Waals surface area contributed by atoms with Gasteiger partial charge < -0.3 is 20.0 Å². The molecule has 2 saturated heterocycles. The minimum absolute atomic E-state index is 0.285. The van der Waals surface area contributed by atoms with Crippen molar-refractivity contribution in [1.82, 2.24) is 15.0 Å². The Balaban J connectivity index is 1.88. The van der Waals surface area contributed by atoms with Gasteiger partial charge in [0.25, 0.3) is 0 Å². The molecule has 0 aliphatic carbocycles. The van der Waals surface area contributed by atoms with Gasteiger partial charge in [-0.05, 0) is 12.8 Å². The van der Waals surface area contributed by atoms with Gasteiger partial charge in [-0.25, -0.2) is 5.84 Å². The summed E-state index contributed by atoms with van der Waals surface area (Å²) in [6.07, 6.45) is 0.675. The van der Waals surface area contributed by atoms with Crippen molar-refractivity contribution in [3.63, 3.8) is 0 Å². The standard InChI is InChI=1S/C11H19N7O2/c12-16-9-13-10(17-3-1-2-4-17)15-11(14-9)18-5-7(19)8(20)6-18/h7-8,19-20H,1-6,12H2,(H,13,14,15,16). The Hall–Kier alpha value is -1.71. The summed E-state index contributed by atoms with van der Waals surface area (Å²) in [5.41, 5.74) is 2.44. The van der Waals surface area contributed by atoms with E-state index in [0.717, 1.165) is 25.9 Å². The van der Waals surface area contributed by atoms with Crippen molar-refractivity contribution >= 4 is 17.8 Å². The number of hydrogen-bond donors (Lipinski definition) is 4. The molecule has 0 spiro atoms. The maximum absolute atomic E-state index is 9.62. The lowest BCUT2D eigenvalue weighted by atomic mass is 10.3. The molecule has 2 atom stereocenters. The van der Waals surface area contributed by atoms with Crippen LogP contribution < -0.4 is 21.1 Å². The van der Waals surface area contributed by atoms with Crippen molar-refractivity contribution in [3.05, 3.63) is 0 Å². The molecule has 0 aromatic carbocycles. The van der Waals surface area contributed by atoms with Crippen molar-refractivity contribution in [1.29, 1.82) is 0 Å². The number of aliphatic hydroxyl groups excluding tert-OH is 2. The monoisotopic (exact) mass is 281 g/mol. The van der Waals surface area contributed by atoms with Gasteiger partial charge in [-0.2, -0.15) is 15.0 Å². The molecule has 2 fully saturated rings. The summed E-state index contributed by atoms with van der Waals surface area (Å²) in [6.45, 7) is 2.43. The maximum atomic E-state index is 9.62. The van der Waals surface area contributed by atoms with Crippen LogP contribution in [0.4, 0.5) is 17.8 Å². The third kappa shape index (κ3) is 2.47. The van der Waals surface area contributed by atoms with Crippen LogP contribution in [-0.2, 0) is 0 Å². The molecule has 0 saturated carbocycles. The minimum Gasteiger partial charge on any atom is -0.388 e. The summed E-state index contributed by atoms with van der Waals surface area (Å²) in [4.78, 5) is 16.7. The molecule has 9 heteroatoms. The highest BCUT2D eigenvalue weighted by Crippen LogP contribution is 2.22. The summed E-state index contributed by atoms with van der Waals surface area (Å²) >= 11 is 0. The molecular weight excluding hydrogens is 262 g/mol. The largest absolute Gasteiger partial charge is 0.388 e. The maximum Gasteiger partial charge on any atom is 0.243 e. The Labute approximate surface area is 116 Å². The van der Waals surface area contributed by atoms with E-state index < -0.39 is 12.2 Å². The summed E-state index contributed by atoms with van der Waals surface area (Å²) < 4.78 is 0. The number of aromatic nitrogens is 3. The molecular formula is C11H19N7O2. The first-order valence-corrected chi connectivity index (χ1v) is 6.76. The number of anilines is 3. The van der Waals surface area contributed by atoms with Crippen molar-refractivity contribution in [3.8, 4) is 0 Å². The smallest absolute Gasteiger partial charge is 0.243 e. The number of aliphatic hydroxyl groups is 2. The van der Waals surface area contributed by atoms with E-state index >= 15 is 0 Å². The normalized spacial score (nSPS) is 26.4. The molecule has 2 aliphatic rings. The number of nitrogen functional groups attached to an aromatic ring is 1. The summed E-state index contributed by atoms with van der Waals surface area (Å²) in [7, 11) is 0. The van der Waals surface area contributed by atoms with E-state index in [1.807, 2.05) is 0 Å². The van der Waals surface area contributed by atoms with Gasteiger partial charge in [-0.15, -0.1) is 0 Å². The number of nitrogens with zero attached hydrogens (tertiary/aromatic N) is 5. The predicted molar refractivity (Wildman–Crippen MR) is 73.3 cm³/mol. The lowest BCUT2D eigenvalue weighted by Crippen LogP contribution is -2.28. The third-order valence-corrected chi connectivity index (χ3v) is 3.67. The molecule has 0 bridgehead atoms. The molecule has 9 nitrogen and oxygen atoms in total. The molecule has 20 heavy (non-hydrogen) atoms. The molecule has 1 aromatic heterocycles. The number of nitrogens with two attached hydrogens (primary N) is 1. The highest BCUT2D eigenvalue weighted by molar-refractivity contribution is 5.46. The topological polar surface area (TPSA) is 124 Å². The lowest BCUT2D eigenvalue weighted by Gasteiger charge is -2.20. The predicted octanol–water partition coefficient (Wildman–Crippen LogP) is -1.70. The SMILES string of the molecule is NNc1nc(N2CCCC2)nc(N2CC(O)C(O)C2)n1. The van der Waals surface area contributed by atoms with Gasteiger partial charge in [0.05, 0.1) is 12.2 Å². The zero-order valence-corrected chi connectivity index (χ0v) is 11.1. The third-order valence-electron chi connectivity index (χ3n) is 3.67. The first kappa shape index (κ1) is 13.3. The number of hydrazine groups is 1. The fraction of sp³-hybridized carbons (Fsp3) is 0.727. The second kappa shape index (κ2) is 5.35. The highest BCUT2D eigenvalue weighted by atomic mass is 16.3. The molecule has 3 rings (SSSR count). The van der Waals surface area contributed by atoms with Crippen LogP contribution in [0.2, 0.25) is 0 Å². The lowest BCUT2D eigenvalue weighted by molar-refractivity contribution is 0.0572. The fourth-order valence-corrected chi connectivity index (χ4v) is 2.55. The fourth-order valence-electron chi connectivity index (χ4n) is 2.55. The van der Waals surface area contributed by atoms with Gasteiger partial charge >= 0.3 is 0 Å². The number of nitrogens with one attached hydrogen (secondary N) is 1. The number of hydrogen-bond acceptors (Lipinski definition) is 9. The van der Waals surface area contributed by atoms with Gasteiger partial charge in [0.15, 0.2) is 0 Å². The van der Waals surface area contributed by atoms with Gasteiger partial charge in [-0.1, -0.05) is 0 Å². The quantitative estimate of drug-likeness (QED) is 0.379. The molecule has 3 heterocycles. The minimum atomic E-state index is -0.781. The number of rotatable bonds is 3. The molecule has 2 unspecified atom stereocenters. The zero-order valence-electron chi connectivity index (χ0n) is 11.1. The number of β-amino-alcohol motifs (C(OH)–C–C–N with tert-alkyl or cyclic N) is 2. The second-order valence-electron chi connectivity index (χ2n) is 5.14. The Morgan fingerprint density at radius 2 is 1.50 bits per heavy atom. The van der Waals surface area contributed by atoms with Crippen LogP contribution in [0.15, 0.2) is 0 Å². The Morgan fingerprint density at radius 1 is 0.950 bits per heavy atom. The van der Waals surface area contributed by atoms with E-state index in [4.69, 9.17) is 5.84 Å². The highest BCUT2D eigenvalue weighted by Gasteiger charge is 2.32. The first-order valence-electron chi connectivity index (χ1n) is 6.76. The molecule has 1 aromatic rings. The van der Waals surface area contributed by atoms with Crippen molar-refractivity contribution in [2.75, 3.05) is 41.4 Å². The van der Waals surface area contributed by atoms with Crippen molar-refractivity contribution < 1.29 is 10.2 Å². The van der Waals surface area contributed by atoms with Crippen LogP contribution in [-0.4, -0.2) is 63.6 Å². The van der Waals surface area contributed by atoms with Gasteiger partial charge in [0.2, 0.25) is 17.8 Å².